The van der Waals surface area contributed by atoms with Gasteiger partial charge in [-0.15, -0.1) is 24.2 Å². The highest BCUT2D eigenvalue weighted by Gasteiger charge is 2.29. The molecule has 0 aliphatic carbocycles. The van der Waals surface area contributed by atoms with E-state index in [4.69, 9.17) is 0 Å². The van der Waals surface area contributed by atoms with Gasteiger partial charge in [-0.05, 0) is 37.7 Å². The molecule has 1 aliphatic rings. The predicted octanol–water partition coefficient (Wildman–Crippen LogP) is 4.69. The third-order valence-electron chi connectivity index (χ3n) is 4.01. The summed E-state index contributed by atoms with van der Waals surface area (Å²) in [7, 11) is 2.24. The zero-order valence-corrected chi connectivity index (χ0v) is 13.9. The summed E-state index contributed by atoms with van der Waals surface area (Å²) in [6.07, 6.45) is 1.26. The molecule has 0 saturated carbocycles. The molecule has 0 spiro atoms. The quantitative estimate of drug-likeness (QED) is 0.807. The molecule has 2 aromatic rings. The van der Waals surface area contributed by atoms with Gasteiger partial charge in [0.1, 0.15) is 0 Å². The zero-order chi connectivity index (χ0) is 13.8. The minimum Gasteiger partial charge on any atom is -0.306 e. The van der Waals surface area contributed by atoms with Crippen LogP contribution in [0.3, 0.4) is 0 Å². The van der Waals surface area contributed by atoms with Gasteiger partial charge in [-0.1, -0.05) is 48.5 Å². The van der Waals surface area contributed by atoms with Crippen molar-refractivity contribution in [1.82, 2.24) is 4.90 Å². The summed E-state index contributed by atoms with van der Waals surface area (Å²) in [5.41, 5.74) is 1.48. The highest BCUT2D eigenvalue weighted by Crippen LogP contribution is 2.38. The van der Waals surface area contributed by atoms with Crippen LogP contribution < -0.4 is 0 Å². The van der Waals surface area contributed by atoms with E-state index in [1.54, 1.807) is 0 Å². The molecule has 0 unspecified atom stereocenters. The lowest BCUT2D eigenvalue weighted by Gasteiger charge is -2.36. The molecule has 2 aromatic carbocycles. The molecule has 1 aliphatic heterocycles. The summed E-state index contributed by atoms with van der Waals surface area (Å²) in [6.45, 7) is 2.36. The van der Waals surface area contributed by atoms with Gasteiger partial charge >= 0.3 is 0 Å². The Bertz CT molecular complexity index is 531. The second-order valence-electron chi connectivity index (χ2n) is 5.54. The fourth-order valence-electron chi connectivity index (χ4n) is 2.93. The van der Waals surface area contributed by atoms with E-state index < -0.39 is 0 Å². The van der Waals surface area contributed by atoms with Crippen LogP contribution in [0.4, 0.5) is 0 Å². The molecule has 0 N–H and O–H groups in total. The van der Waals surface area contributed by atoms with Gasteiger partial charge in [0, 0.05) is 22.6 Å². The SMILES string of the molecule is CN1CC[C@H](Sc2ccccc2)[C@H](c2ccccc2)C1.Cl. The molecular weight excluding hydrogens is 298 g/mol. The summed E-state index contributed by atoms with van der Waals surface area (Å²) in [6, 6.07) is 21.8. The number of benzene rings is 2. The number of hydrogen-bond donors (Lipinski definition) is 0. The topological polar surface area (TPSA) is 3.24 Å². The first-order chi connectivity index (χ1) is 9.83. The fraction of sp³-hybridized carbons (Fsp3) is 0.333. The highest BCUT2D eigenvalue weighted by atomic mass is 35.5. The number of likely N-dealkylation sites (tertiary alicyclic amines) is 1. The van der Waals surface area contributed by atoms with Crippen molar-refractivity contribution in [2.75, 3.05) is 20.1 Å². The number of rotatable bonds is 3. The first kappa shape index (κ1) is 16.4. The Morgan fingerprint density at radius 1 is 0.952 bits per heavy atom. The van der Waals surface area contributed by atoms with Crippen molar-refractivity contribution < 1.29 is 0 Å². The van der Waals surface area contributed by atoms with Crippen molar-refractivity contribution in [3.8, 4) is 0 Å². The number of likely N-dealkylation sites (N-methyl/N-ethyl adjacent to an activating group) is 1. The number of piperidine rings is 1. The fourth-order valence-corrected chi connectivity index (χ4v) is 4.22. The number of nitrogens with zero attached hydrogens (tertiary/aromatic N) is 1. The minimum absolute atomic E-state index is 0. The normalized spacial score (nSPS) is 22.5. The first-order valence-electron chi connectivity index (χ1n) is 7.28. The Hall–Kier alpha value is -0.960. The largest absolute Gasteiger partial charge is 0.306 e. The van der Waals surface area contributed by atoms with Gasteiger partial charge in [0.15, 0.2) is 0 Å². The smallest absolute Gasteiger partial charge is 0.0187 e. The second-order valence-corrected chi connectivity index (χ2v) is 6.85. The standard InChI is InChI=1S/C18H21NS.ClH/c1-19-13-12-18(20-16-10-6-3-7-11-16)17(14-19)15-8-4-2-5-9-15;/h2-11,17-18H,12-14H2,1H3;1H/t17-,18-;/m0./s1. The van der Waals surface area contributed by atoms with Gasteiger partial charge in [-0.3, -0.25) is 0 Å². The molecule has 1 fully saturated rings. The Morgan fingerprint density at radius 3 is 2.24 bits per heavy atom. The van der Waals surface area contributed by atoms with Crippen LogP contribution >= 0.6 is 24.2 Å². The van der Waals surface area contributed by atoms with Crippen molar-refractivity contribution >= 4 is 24.2 Å². The molecule has 112 valence electrons. The molecule has 1 heterocycles. The predicted molar refractivity (Wildman–Crippen MR) is 94.6 cm³/mol. The van der Waals surface area contributed by atoms with Gasteiger partial charge in [0.25, 0.3) is 0 Å². The average molecular weight is 320 g/mol. The maximum Gasteiger partial charge on any atom is 0.0187 e. The van der Waals surface area contributed by atoms with Crippen LogP contribution in [0.15, 0.2) is 65.6 Å². The van der Waals surface area contributed by atoms with Crippen LogP contribution in [0.2, 0.25) is 0 Å². The van der Waals surface area contributed by atoms with Gasteiger partial charge < -0.3 is 4.90 Å². The molecule has 1 saturated heterocycles. The van der Waals surface area contributed by atoms with Gasteiger partial charge in [-0.2, -0.15) is 0 Å². The Labute approximate surface area is 138 Å². The molecule has 2 atom stereocenters. The molecule has 0 radical (unpaired) electrons. The van der Waals surface area contributed by atoms with Gasteiger partial charge in [0.05, 0.1) is 0 Å². The Kier molecular flexibility index (Phi) is 6.16. The molecule has 21 heavy (non-hydrogen) atoms. The monoisotopic (exact) mass is 319 g/mol. The minimum atomic E-state index is 0. The van der Waals surface area contributed by atoms with E-state index in [2.05, 4.69) is 72.6 Å². The van der Waals surface area contributed by atoms with Crippen LogP contribution in [0, 0.1) is 0 Å². The number of thioether (sulfide) groups is 1. The third kappa shape index (κ3) is 4.26. The molecule has 1 nitrogen and oxygen atoms in total. The van der Waals surface area contributed by atoms with Gasteiger partial charge in [-0.25, -0.2) is 0 Å². The van der Waals surface area contributed by atoms with Crippen LogP contribution in [0.25, 0.3) is 0 Å². The van der Waals surface area contributed by atoms with E-state index in [0.717, 1.165) is 6.54 Å². The van der Waals surface area contributed by atoms with Gasteiger partial charge in [0.2, 0.25) is 0 Å². The lowest BCUT2D eigenvalue weighted by molar-refractivity contribution is 0.256. The maximum absolute atomic E-state index is 2.46. The van der Waals surface area contributed by atoms with E-state index in [1.165, 1.54) is 23.4 Å². The van der Waals surface area contributed by atoms with Crippen LogP contribution in [-0.4, -0.2) is 30.3 Å². The number of halogens is 1. The molecule has 0 amide bonds. The average Bonchev–Trinajstić information content (AvgIpc) is 2.51. The Morgan fingerprint density at radius 2 is 1.57 bits per heavy atom. The van der Waals surface area contributed by atoms with Crippen molar-refractivity contribution in [2.24, 2.45) is 0 Å². The van der Waals surface area contributed by atoms with Crippen molar-refractivity contribution in [3.63, 3.8) is 0 Å². The molecular formula is C18H22ClNS. The zero-order valence-electron chi connectivity index (χ0n) is 12.3. The van der Waals surface area contributed by atoms with E-state index in [1.807, 2.05) is 11.8 Å². The summed E-state index contributed by atoms with van der Waals surface area (Å²) < 4.78 is 0. The van der Waals surface area contributed by atoms with Crippen molar-refractivity contribution in [3.05, 3.63) is 66.2 Å². The lowest BCUT2D eigenvalue weighted by Crippen LogP contribution is -2.38. The van der Waals surface area contributed by atoms with Crippen LogP contribution in [0.5, 0.6) is 0 Å². The van der Waals surface area contributed by atoms with Crippen molar-refractivity contribution in [1.29, 1.82) is 0 Å². The number of hydrogen-bond acceptors (Lipinski definition) is 2. The summed E-state index contributed by atoms with van der Waals surface area (Å²) in [5, 5.41) is 0.677. The Balaban J connectivity index is 0.00000161. The summed E-state index contributed by atoms with van der Waals surface area (Å²) >= 11 is 2.04. The van der Waals surface area contributed by atoms with Crippen molar-refractivity contribution in [2.45, 2.75) is 22.5 Å². The maximum atomic E-state index is 2.46. The third-order valence-corrected chi connectivity index (χ3v) is 5.42. The molecule has 0 bridgehead atoms. The van der Waals surface area contributed by atoms with E-state index in [0.29, 0.717) is 11.2 Å². The van der Waals surface area contributed by atoms with E-state index in [9.17, 15) is 0 Å². The molecule has 3 rings (SSSR count). The van der Waals surface area contributed by atoms with E-state index in [-0.39, 0.29) is 12.4 Å². The van der Waals surface area contributed by atoms with Crippen LogP contribution in [-0.2, 0) is 0 Å². The second kappa shape index (κ2) is 7.88. The molecule has 3 heteroatoms. The van der Waals surface area contributed by atoms with Crippen LogP contribution in [0.1, 0.15) is 17.9 Å². The summed E-state index contributed by atoms with van der Waals surface area (Å²) in [4.78, 5) is 3.85. The molecule has 0 aromatic heterocycles. The summed E-state index contributed by atoms with van der Waals surface area (Å²) in [5.74, 6) is 0.625. The lowest BCUT2D eigenvalue weighted by atomic mass is 9.90. The van der Waals surface area contributed by atoms with E-state index >= 15 is 0 Å². The first-order valence-corrected chi connectivity index (χ1v) is 8.16. The highest BCUT2D eigenvalue weighted by molar-refractivity contribution is 8.00.